The summed E-state index contributed by atoms with van der Waals surface area (Å²) in [6.45, 7) is 5.15. The molecule has 1 amide bonds. The molecule has 4 unspecified atom stereocenters. The molecule has 1 aliphatic heterocycles. The number of aryl methyl sites for hydroxylation is 1. The van der Waals surface area contributed by atoms with Crippen molar-refractivity contribution in [2.24, 2.45) is 23.5 Å². The first-order valence-corrected chi connectivity index (χ1v) is 9.00. The summed E-state index contributed by atoms with van der Waals surface area (Å²) in [7, 11) is 0. The van der Waals surface area contributed by atoms with Crippen molar-refractivity contribution in [3.63, 3.8) is 0 Å². The number of hydrogen-bond acceptors (Lipinski definition) is 6. The van der Waals surface area contributed by atoms with E-state index in [4.69, 9.17) is 5.73 Å². The summed E-state index contributed by atoms with van der Waals surface area (Å²) in [5.41, 5.74) is 6.32. The molecule has 4 rings (SSSR count). The Morgan fingerprint density at radius 3 is 2.38 bits per heavy atom. The molecule has 0 spiro atoms. The molecule has 2 N–H and O–H groups in total. The van der Waals surface area contributed by atoms with E-state index in [1.54, 1.807) is 0 Å². The Kier molecular flexibility index (Phi) is 6.34. The van der Waals surface area contributed by atoms with Crippen LogP contribution in [0.4, 0.5) is 5.13 Å². The summed E-state index contributed by atoms with van der Waals surface area (Å²) < 4.78 is 4.24. The summed E-state index contributed by atoms with van der Waals surface area (Å²) in [5, 5.41) is 0.973. The fraction of sp³-hybridized carbons (Fsp3) is 0.800. The van der Waals surface area contributed by atoms with Gasteiger partial charge in [0.25, 0.3) is 0 Å². The second kappa shape index (κ2) is 7.72. The van der Waals surface area contributed by atoms with Crippen LogP contribution in [0.25, 0.3) is 0 Å². The van der Waals surface area contributed by atoms with Crippen molar-refractivity contribution < 1.29 is 4.79 Å². The normalized spacial score (nSPS) is 31.6. The fourth-order valence-electron chi connectivity index (χ4n) is 4.45. The van der Waals surface area contributed by atoms with E-state index >= 15 is 0 Å². The summed E-state index contributed by atoms with van der Waals surface area (Å²) in [6.07, 6.45) is 3.58. The molecule has 0 radical (unpaired) electrons. The molecule has 136 valence electrons. The second-order valence-electron chi connectivity index (χ2n) is 6.87. The SMILES string of the molecule is Cc1nsc(N2CCN(C(=O)C3C4CCC(C4)C3N)CC2)n1.Cl.Cl. The average molecular weight is 394 g/mol. The van der Waals surface area contributed by atoms with Gasteiger partial charge in [0.05, 0.1) is 5.92 Å². The number of halogens is 2. The van der Waals surface area contributed by atoms with E-state index in [-0.39, 0.29) is 36.8 Å². The highest BCUT2D eigenvalue weighted by molar-refractivity contribution is 7.09. The number of anilines is 1. The zero-order valence-corrected chi connectivity index (χ0v) is 16.2. The molecule has 1 aromatic heterocycles. The van der Waals surface area contributed by atoms with Gasteiger partial charge in [-0.3, -0.25) is 4.79 Å². The number of nitrogens with zero attached hydrogens (tertiary/aromatic N) is 4. The van der Waals surface area contributed by atoms with Crippen molar-refractivity contribution in [2.45, 2.75) is 32.2 Å². The molecule has 4 atom stereocenters. The first kappa shape index (κ1) is 19.7. The monoisotopic (exact) mass is 393 g/mol. The van der Waals surface area contributed by atoms with Gasteiger partial charge in [-0.25, -0.2) is 4.98 Å². The third-order valence-electron chi connectivity index (χ3n) is 5.64. The average Bonchev–Trinajstić information content (AvgIpc) is 3.23. The third-order valence-corrected chi connectivity index (χ3v) is 6.51. The number of rotatable bonds is 2. The van der Waals surface area contributed by atoms with E-state index in [0.29, 0.717) is 17.7 Å². The van der Waals surface area contributed by atoms with E-state index in [1.807, 2.05) is 11.8 Å². The van der Waals surface area contributed by atoms with Crippen LogP contribution >= 0.6 is 36.3 Å². The van der Waals surface area contributed by atoms with Crippen LogP contribution in [0.3, 0.4) is 0 Å². The maximum atomic E-state index is 12.8. The minimum absolute atomic E-state index is 0. The smallest absolute Gasteiger partial charge is 0.227 e. The number of nitrogens with two attached hydrogens (primary N) is 1. The quantitative estimate of drug-likeness (QED) is 0.827. The van der Waals surface area contributed by atoms with Gasteiger partial charge in [-0.2, -0.15) is 4.37 Å². The van der Waals surface area contributed by atoms with Crippen molar-refractivity contribution in [3.8, 4) is 0 Å². The van der Waals surface area contributed by atoms with E-state index in [1.165, 1.54) is 30.8 Å². The van der Waals surface area contributed by atoms with E-state index < -0.39 is 0 Å². The first-order valence-electron chi connectivity index (χ1n) is 8.23. The second-order valence-corrected chi connectivity index (χ2v) is 7.60. The Morgan fingerprint density at radius 2 is 1.83 bits per heavy atom. The zero-order valence-electron chi connectivity index (χ0n) is 13.8. The Bertz CT molecular complexity index is 576. The topological polar surface area (TPSA) is 75.4 Å². The molecule has 9 heteroatoms. The first-order chi connectivity index (χ1) is 10.6. The van der Waals surface area contributed by atoms with Crippen molar-refractivity contribution in [1.82, 2.24) is 14.3 Å². The molecule has 1 aromatic rings. The summed E-state index contributed by atoms with van der Waals surface area (Å²) in [4.78, 5) is 21.5. The Labute approximate surface area is 159 Å². The standard InChI is InChI=1S/C15H23N5OS.2ClH/c1-9-17-15(22-18-9)20-6-4-19(5-7-20)14(21)12-10-2-3-11(8-10)13(12)16;;/h10-13H,2-8,16H2,1H3;2*1H. The molecule has 2 heterocycles. The molecule has 24 heavy (non-hydrogen) atoms. The van der Waals surface area contributed by atoms with Crippen LogP contribution in [0, 0.1) is 24.7 Å². The van der Waals surface area contributed by atoms with Gasteiger partial charge < -0.3 is 15.5 Å². The van der Waals surface area contributed by atoms with Crippen molar-refractivity contribution >= 4 is 47.4 Å². The van der Waals surface area contributed by atoms with E-state index in [0.717, 1.165) is 37.1 Å². The van der Waals surface area contributed by atoms with Crippen LogP contribution < -0.4 is 10.6 Å². The van der Waals surface area contributed by atoms with Gasteiger partial charge in [0.1, 0.15) is 5.82 Å². The number of hydrogen-bond donors (Lipinski definition) is 1. The lowest BCUT2D eigenvalue weighted by atomic mass is 9.84. The Morgan fingerprint density at radius 1 is 1.17 bits per heavy atom. The number of carbonyl (C=O) groups is 1. The minimum Gasteiger partial charge on any atom is -0.343 e. The summed E-state index contributed by atoms with van der Waals surface area (Å²) in [6, 6.07) is 0.0927. The minimum atomic E-state index is 0. The van der Waals surface area contributed by atoms with Crippen molar-refractivity contribution in [3.05, 3.63) is 5.82 Å². The van der Waals surface area contributed by atoms with Crippen LogP contribution in [-0.2, 0) is 4.79 Å². The molecule has 1 saturated heterocycles. The largest absolute Gasteiger partial charge is 0.343 e. The summed E-state index contributed by atoms with van der Waals surface area (Å²) in [5.74, 6) is 2.33. The number of amides is 1. The fourth-order valence-corrected chi connectivity index (χ4v) is 5.17. The predicted octanol–water partition coefficient (Wildman–Crippen LogP) is 1.71. The third kappa shape index (κ3) is 3.36. The maximum Gasteiger partial charge on any atom is 0.227 e. The van der Waals surface area contributed by atoms with Crippen molar-refractivity contribution in [1.29, 1.82) is 0 Å². The van der Waals surface area contributed by atoms with Gasteiger partial charge in [-0.1, -0.05) is 0 Å². The van der Waals surface area contributed by atoms with Gasteiger partial charge in [-0.05, 0) is 38.0 Å². The lowest BCUT2D eigenvalue weighted by Gasteiger charge is -2.38. The van der Waals surface area contributed by atoms with Gasteiger partial charge in [0.2, 0.25) is 11.0 Å². The predicted molar refractivity (Wildman–Crippen MR) is 100 cm³/mol. The lowest BCUT2D eigenvalue weighted by molar-refractivity contribution is -0.138. The van der Waals surface area contributed by atoms with Gasteiger partial charge in [-0.15, -0.1) is 24.8 Å². The van der Waals surface area contributed by atoms with E-state index in [2.05, 4.69) is 14.3 Å². The van der Waals surface area contributed by atoms with Crippen molar-refractivity contribution in [2.75, 3.05) is 31.1 Å². The molecular formula is C15H25Cl2N5OS. The maximum absolute atomic E-state index is 12.8. The lowest BCUT2D eigenvalue weighted by Crippen LogP contribution is -2.54. The Hall–Kier alpha value is -0.630. The number of piperazine rings is 1. The highest BCUT2D eigenvalue weighted by Crippen LogP contribution is 2.48. The Balaban J connectivity index is 0.00000104. The highest BCUT2D eigenvalue weighted by atomic mass is 35.5. The van der Waals surface area contributed by atoms with Crippen LogP contribution in [0.15, 0.2) is 0 Å². The molecule has 2 bridgehead atoms. The van der Waals surface area contributed by atoms with Crippen LogP contribution in [0.2, 0.25) is 0 Å². The molecule has 2 aliphatic carbocycles. The van der Waals surface area contributed by atoms with Crippen LogP contribution in [0.5, 0.6) is 0 Å². The summed E-state index contributed by atoms with van der Waals surface area (Å²) >= 11 is 1.44. The van der Waals surface area contributed by atoms with Gasteiger partial charge >= 0.3 is 0 Å². The number of aromatic nitrogens is 2. The molecule has 3 fully saturated rings. The van der Waals surface area contributed by atoms with Crippen LogP contribution in [0.1, 0.15) is 25.1 Å². The number of fused-ring (bicyclic) bond motifs is 2. The molecule has 6 nitrogen and oxygen atoms in total. The van der Waals surface area contributed by atoms with E-state index in [9.17, 15) is 4.79 Å². The molecule has 3 aliphatic rings. The highest BCUT2D eigenvalue weighted by Gasteiger charge is 2.50. The molecule has 0 aromatic carbocycles. The number of carbonyl (C=O) groups excluding carboxylic acids is 1. The molecule has 2 saturated carbocycles. The van der Waals surface area contributed by atoms with Crippen LogP contribution in [-0.4, -0.2) is 52.4 Å². The van der Waals surface area contributed by atoms with Gasteiger partial charge in [0.15, 0.2) is 0 Å². The molecular weight excluding hydrogens is 369 g/mol. The zero-order chi connectivity index (χ0) is 15.3. The van der Waals surface area contributed by atoms with Gasteiger partial charge in [0, 0.05) is 43.8 Å².